The first kappa shape index (κ1) is 28.5. The molecule has 2 amide bonds. The molecule has 1 saturated heterocycles. The SMILES string of the molecule is COCCNC(=O)c1ccc2nn(CC3CCN(C(=O)c4ccc(-c5ccc(C)c(C)c5)cc4F)CC3)cc2c1C. The predicted molar refractivity (Wildman–Crippen MR) is 159 cm³/mol. The molecule has 1 N–H and O–H groups in total. The summed E-state index contributed by atoms with van der Waals surface area (Å²) in [6.45, 7) is 8.83. The molecule has 0 spiro atoms. The zero-order chi connectivity index (χ0) is 29.1. The van der Waals surface area contributed by atoms with Gasteiger partial charge in [0.25, 0.3) is 11.8 Å². The van der Waals surface area contributed by atoms with E-state index in [-0.39, 0.29) is 17.4 Å². The van der Waals surface area contributed by atoms with Crippen molar-refractivity contribution >= 4 is 22.7 Å². The Kier molecular flexibility index (Phi) is 8.49. The van der Waals surface area contributed by atoms with E-state index in [2.05, 4.69) is 5.32 Å². The molecule has 0 saturated carbocycles. The number of fused-ring (bicyclic) bond motifs is 1. The van der Waals surface area contributed by atoms with Gasteiger partial charge >= 0.3 is 0 Å². The van der Waals surface area contributed by atoms with Crippen LogP contribution < -0.4 is 5.32 Å². The molecule has 0 radical (unpaired) electrons. The molecule has 4 aromatic rings. The average Bonchev–Trinajstić information content (AvgIpc) is 3.38. The number of aryl methyl sites for hydroxylation is 3. The average molecular weight is 557 g/mol. The highest BCUT2D eigenvalue weighted by Gasteiger charge is 2.26. The molecule has 41 heavy (non-hydrogen) atoms. The van der Waals surface area contributed by atoms with Gasteiger partial charge in [-0.05, 0) is 91.6 Å². The van der Waals surface area contributed by atoms with Crippen molar-refractivity contribution < 1.29 is 18.7 Å². The van der Waals surface area contributed by atoms with Crippen LogP contribution in [0.3, 0.4) is 0 Å². The number of nitrogens with one attached hydrogen (secondary N) is 1. The Bertz CT molecular complexity index is 1590. The van der Waals surface area contributed by atoms with Crippen LogP contribution >= 0.6 is 0 Å². The third kappa shape index (κ3) is 6.17. The van der Waals surface area contributed by atoms with Gasteiger partial charge in [-0.3, -0.25) is 14.3 Å². The smallest absolute Gasteiger partial charge is 0.256 e. The molecule has 0 atom stereocenters. The number of carbonyl (C=O) groups excluding carboxylic acids is 2. The molecule has 214 valence electrons. The number of rotatable bonds is 8. The third-order valence-corrected chi connectivity index (χ3v) is 8.23. The second-order valence-corrected chi connectivity index (χ2v) is 11.0. The van der Waals surface area contributed by atoms with Crippen molar-refractivity contribution in [2.75, 3.05) is 33.4 Å². The van der Waals surface area contributed by atoms with Gasteiger partial charge in [-0.2, -0.15) is 5.10 Å². The van der Waals surface area contributed by atoms with E-state index < -0.39 is 5.82 Å². The number of methoxy groups -OCH3 is 1. The van der Waals surface area contributed by atoms with Crippen molar-refractivity contribution in [3.8, 4) is 11.1 Å². The Balaban J connectivity index is 1.20. The number of ether oxygens (including phenoxy) is 1. The molecule has 1 aliphatic heterocycles. The number of piperidine rings is 1. The number of benzene rings is 3. The van der Waals surface area contributed by atoms with E-state index in [1.54, 1.807) is 18.1 Å². The number of amides is 2. The normalized spacial score (nSPS) is 14.0. The van der Waals surface area contributed by atoms with E-state index in [9.17, 15) is 9.59 Å². The van der Waals surface area contributed by atoms with Crippen LogP contribution in [0.5, 0.6) is 0 Å². The largest absolute Gasteiger partial charge is 0.383 e. The van der Waals surface area contributed by atoms with Crippen molar-refractivity contribution in [3.05, 3.63) is 88.4 Å². The Morgan fingerprint density at radius 3 is 2.39 bits per heavy atom. The van der Waals surface area contributed by atoms with Crippen LogP contribution in [0.15, 0.2) is 54.7 Å². The predicted octanol–water partition coefficient (Wildman–Crippen LogP) is 5.70. The fraction of sp³-hybridized carbons (Fsp3) is 0.364. The second-order valence-electron chi connectivity index (χ2n) is 11.0. The van der Waals surface area contributed by atoms with E-state index in [0.717, 1.165) is 52.5 Å². The van der Waals surface area contributed by atoms with Gasteiger partial charge in [0, 0.05) is 50.4 Å². The van der Waals surface area contributed by atoms with Crippen molar-refractivity contribution in [2.24, 2.45) is 5.92 Å². The topological polar surface area (TPSA) is 76.5 Å². The van der Waals surface area contributed by atoms with Gasteiger partial charge in [0.1, 0.15) is 5.82 Å². The minimum absolute atomic E-state index is 0.117. The van der Waals surface area contributed by atoms with Crippen LogP contribution in [0.1, 0.15) is 50.2 Å². The fourth-order valence-electron chi connectivity index (χ4n) is 5.52. The molecule has 0 bridgehead atoms. The third-order valence-electron chi connectivity index (χ3n) is 8.23. The van der Waals surface area contributed by atoms with Crippen molar-refractivity contribution in [2.45, 2.75) is 40.2 Å². The lowest BCUT2D eigenvalue weighted by Crippen LogP contribution is -2.39. The van der Waals surface area contributed by atoms with E-state index >= 15 is 4.39 Å². The molecule has 3 aromatic carbocycles. The number of hydrogen-bond acceptors (Lipinski definition) is 4. The summed E-state index contributed by atoms with van der Waals surface area (Å²) < 4.78 is 22.0. The number of hydrogen-bond donors (Lipinski definition) is 1. The van der Waals surface area contributed by atoms with E-state index in [0.29, 0.717) is 37.7 Å². The molecule has 1 aliphatic rings. The van der Waals surface area contributed by atoms with E-state index in [4.69, 9.17) is 9.84 Å². The lowest BCUT2D eigenvalue weighted by atomic mass is 9.95. The number of aromatic nitrogens is 2. The Hall–Kier alpha value is -4.04. The number of likely N-dealkylation sites (tertiary alicyclic amines) is 1. The summed E-state index contributed by atoms with van der Waals surface area (Å²) in [4.78, 5) is 27.5. The first-order chi connectivity index (χ1) is 19.7. The van der Waals surface area contributed by atoms with Gasteiger partial charge < -0.3 is 15.0 Å². The van der Waals surface area contributed by atoms with E-state index in [1.807, 2.05) is 68.0 Å². The first-order valence-corrected chi connectivity index (χ1v) is 14.2. The Morgan fingerprint density at radius 1 is 0.976 bits per heavy atom. The number of halogens is 1. The van der Waals surface area contributed by atoms with Gasteiger partial charge in [0.2, 0.25) is 0 Å². The van der Waals surface area contributed by atoms with Crippen molar-refractivity contribution in [3.63, 3.8) is 0 Å². The summed E-state index contributed by atoms with van der Waals surface area (Å²) in [5.74, 6) is -0.521. The summed E-state index contributed by atoms with van der Waals surface area (Å²) >= 11 is 0. The molecule has 5 rings (SSSR count). The fourth-order valence-corrected chi connectivity index (χ4v) is 5.52. The van der Waals surface area contributed by atoms with Gasteiger partial charge in [0.15, 0.2) is 0 Å². The second kappa shape index (κ2) is 12.2. The molecule has 1 fully saturated rings. The first-order valence-electron chi connectivity index (χ1n) is 14.2. The van der Waals surface area contributed by atoms with Crippen LogP contribution in [-0.2, 0) is 11.3 Å². The molecular weight excluding hydrogens is 519 g/mol. The van der Waals surface area contributed by atoms with Crippen LogP contribution in [0, 0.1) is 32.5 Å². The molecule has 0 aliphatic carbocycles. The zero-order valence-corrected chi connectivity index (χ0v) is 24.2. The highest BCUT2D eigenvalue weighted by molar-refractivity contribution is 6.00. The lowest BCUT2D eigenvalue weighted by molar-refractivity contribution is 0.0676. The van der Waals surface area contributed by atoms with Gasteiger partial charge in [0.05, 0.1) is 17.7 Å². The van der Waals surface area contributed by atoms with Crippen molar-refractivity contribution in [1.29, 1.82) is 0 Å². The summed E-state index contributed by atoms with van der Waals surface area (Å²) in [6, 6.07) is 14.6. The van der Waals surface area contributed by atoms with Crippen LogP contribution in [-0.4, -0.2) is 59.8 Å². The van der Waals surface area contributed by atoms with Crippen LogP contribution in [0.4, 0.5) is 4.39 Å². The number of carbonyl (C=O) groups is 2. The zero-order valence-electron chi connectivity index (χ0n) is 24.2. The monoisotopic (exact) mass is 556 g/mol. The maximum atomic E-state index is 15.1. The van der Waals surface area contributed by atoms with Crippen LogP contribution in [0.25, 0.3) is 22.0 Å². The summed E-state index contributed by atoms with van der Waals surface area (Å²) in [5.41, 5.74) is 6.54. The molecule has 7 nitrogen and oxygen atoms in total. The van der Waals surface area contributed by atoms with Gasteiger partial charge in [-0.25, -0.2) is 4.39 Å². The maximum Gasteiger partial charge on any atom is 0.256 e. The number of nitrogens with zero attached hydrogens (tertiary/aromatic N) is 3. The lowest BCUT2D eigenvalue weighted by Gasteiger charge is -2.32. The highest BCUT2D eigenvalue weighted by Crippen LogP contribution is 2.27. The van der Waals surface area contributed by atoms with E-state index in [1.165, 1.54) is 11.6 Å². The molecule has 1 aromatic heterocycles. The standard InChI is InChI=1S/C33H37FN4O3/c1-21-5-6-25(17-22(21)2)26-7-8-28(30(34)18-26)33(40)37-14-11-24(12-15-37)19-38-20-29-23(3)27(9-10-31(29)36-38)32(39)35-13-16-41-4/h5-10,17-18,20,24H,11-16,19H2,1-4H3,(H,35,39). The quantitative estimate of drug-likeness (QED) is 0.283. The molecule has 8 heteroatoms. The van der Waals surface area contributed by atoms with Crippen LogP contribution in [0.2, 0.25) is 0 Å². The summed E-state index contributed by atoms with van der Waals surface area (Å²) in [6.07, 6.45) is 3.63. The summed E-state index contributed by atoms with van der Waals surface area (Å²) in [5, 5.41) is 8.56. The minimum Gasteiger partial charge on any atom is -0.383 e. The van der Waals surface area contributed by atoms with Gasteiger partial charge in [-0.15, -0.1) is 0 Å². The summed E-state index contributed by atoms with van der Waals surface area (Å²) in [7, 11) is 1.60. The highest BCUT2D eigenvalue weighted by atomic mass is 19.1. The van der Waals surface area contributed by atoms with Crippen molar-refractivity contribution in [1.82, 2.24) is 20.0 Å². The Morgan fingerprint density at radius 2 is 1.68 bits per heavy atom. The van der Waals surface area contributed by atoms with Gasteiger partial charge in [-0.1, -0.05) is 24.3 Å². The maximum absolute atomic E-state index is 15.1. The minimum atomic E-state index is -0.488. The molecule has 0 unspecified atom stereocenters. The molecular formula is C33H37FN4O3. The Labute approximate surface area is 240 Å². The molecule has 2 heterocycles.